The van der Waals surface area contributed by atoms with E-state index < -0.39 is 5.97 Å². The molecule has 1 unspecified atom stereocenters. The van der Waals surface area contributed by atoms with Crippen LogP contribution in [0.15, 0.2) is 0 Å². The van der Waals surface area contributed by atoms with Gasteiger partial charge in [-0.2, -0.15) is 0 Å². The summed E-state index contributed by atoms with van der Waals surface area (Å²) in [5, 5.41) is 19.5. The van der Waals surface area contributed by atoms with E-state index >= 15 is 0 Å². The van der Waals surface area contributed by atoms with E-state index in [2.05, 4.69) is 5.32 Å². The minimum absolute atomic E-state index is 0.0350. The van der Waals surface area contributed by atoms with Gasteiger partial charge in [-0.15, -0.1) is 0 Å². The van der Waals surface area contributed by atoms with Gasteiger partial charge in [0.2, 0.25) is 0 Å². The van der Waals surface area contributed by atoms with Crippen LogP contribution in [0.4, 0.5) is 0 Å². The molecule has 0 aromatic heterocycles. The number of nitrogens with one attached hydrogen (secondary N) is 1. The SMILES string of the molecule is CC(O)CCNCC(=O)O. The Labute approximate surface area is 59.9 Å². The standard InChI is InChI=1S/C6H13NO3/c1-5(8)2-3-7-4-6(9)10/h5,7-8H,2-4H2,1H3,(H,9,10). The van der Waals surface area contributed by atoms with Gasteiger partial charge in [0, 0.05) is 0 Å². The number of hydrogen-bond acceptors (Lipinski definition) is 3. The Balaban J connectivity index is 2.98. The Kier molecular flexibility index (Phi) is 4.88. The predicted molar refractivity (Wildman–Crippen MR) is 36.8 cm³/mol. The maximum atomic E-state index is 9.92. The van der Waals surface area contributed by atoms with Crippen LogP contribution >= 0.6 is 0 Å². The highest BCUT2D eigenvalue weighted by atomic mass is 16.4. The number of aliphatic carboxylic acids is 1. The van der Waals surface area contributed by atoms with Crippen molar-refractivity contribution in [3.63, 3.8) is 0 Å². The summed E-state index contributed by atoms with van der Waals surface area (Å²) < 4.78 is 0. The highest BCUT2D eigenvalue weighted by Gasteiger charge is 1.96. The van der Waals surface area contributed by atoms with E-state index in [1.807, 2.05) is 0 Å². The number of rotatable bonds is 5. The fourth-order valence-electron chi connectivity index (χ4n) is 0.506. The topological polar surface area (TPSA) is 69.6 Å². The highest BCUT2D eigenvalue weighted by Crippen LogP contribution is 1.84. The van der Waals surface area contributed by atoms with Gasteiger partial charge >= 0.3 is 5.97 Å². The maximum Gasteiger partial charge on any atom is 0.317 e. The molecule has 0 aliphatic rings. The fraction of sp³-hybridized carbons (Fsp3) is 0.833. The number of carboxylic acids is 1. The van der Waals surface area contributed by atoms with Crippen LogP contribution in [-0.4, -0.2) is 35.4 Å². The first-order chi connectivity index (χ1) is 4.63. The molecule has 0 bridgehead atoms. The molecule has 0 aliphatic heterocycles. The molecule has 0 fully saturated rings. The van der Waals surface area contributed by atoms with Crippen molar-refractivity contribution in [3.05, 3.63) is 0 Å². The van der Waals surface area contributed by atoms with Gasteiger partial charge in [-0.25, -0.2) is 0 Å². The van der Waals surface area contributed by atoms with Gasteiger partial charge < -0.3 is 15.5 Å². The van der Waals surface area contributed by atoms with Crippen LogP contribution < -0.4 is 5.32 Å². The molecule has 3 N–H and O–H groups in total. The highest BCUT2D eigenvalue weighted by molar-refractivity contribution is 5.68. The second-order valence-electron chi connectivity index (χ2n) is 2.21. The average molecular weight is 147 g/mol. The molecular weight excluding hydrogens is 134 g/mol. The number of aliphatic hydroxyl groups is 1. The molecule has 0 amide bonds. The van der Waals surface area contributed by atoms with Crippen LogP contribution in [0.5, 0.6) is 0 Å². The number of aliphatic hydroxyl groups excluding tert-OH is 1. The third-order valence-corrected chi connectivity index (χ3v) is 1.02. The zero-order valence-corrected chi connectivity index (χ0v) is 6.00. The Hall–Kier alpha value is -0.610. The molecule has 0 saturated carbocycles. The van der Waals surface area contributed by atoms with Gasteiger partial charge in [-0.1, -0.05) is 0 Å². The lowest BCUT2D eigenvalue weighted by atomic mass is 10.3. The lowest BCUT2D eigenvalue weighted by Crippen LogP contribution is -2.25. The smallest absolute Gasteiger partial charge is 0.317 e. The minimum atomic E-state index is -0.870. The van der Waals surface area contributed by atoms with E-state index in [1.54, 1.807) is 6.92 Å². The molecule has 0 rings (SSSR count). The number of carbonyl (C=O) groups is 1. The Morgan fingerprint density at radius 3 is 2.70 bits per heavy atom. The zero-order chi connectivity index (χ0) is 7.98. The van der Waals surface area contributed by atoms with Crippen molar-refractivity contribution >= 4 is 5.97 Å². The predicted octanol–water partition coefficient (Wildman–Crippen LogP) is -0.569. The van der Waals surface area contributed by atoms with Crippen LogP contribution in [0.2, 0.25) is 0 Å². The molecule has 0 heterocycles. The van der Waals surface area contributed by atoms with Crippen LogP contribution in [0.25, 0.3) is 0 Å². The summed E-state index contributed by atoms with van der Waals surface area (Å²) >= 11 is 0. The summed E-state index contributed by atoms with van der Waals surface area (Å²) in [7, 11) is 0. The Bertz CT molecular complexity index is 103. The lowest BCUT2D eigenvalue weighted by Gasteiger charge is -2.02. The van der Waals surface area contributed by atoms with E-state index in [4.69, 9.17) is 10.2 Å². The van der Waals surface area contributed by atoms with Crippen LogP contribution in [0.1, 0.15) is 13.3 Å². The molecule has 0 aromatic rings. The molecule has 0 saturated heterocycles. The van der Waals surface area contributed by atoms with Crippen molar-refractivity contribution in [2.45, 2.75) is 19.4 Å². The lowest BCUT2D eigenvalue weighted by molar-refractivity contribution is -0.135. The monoisotopic (exact) mass is 147 g/mol. The molecular formula is C6H13NO3. The first-order valence-electron chi connectivity index (χ1n) is 3.23. The second kappa shape index (κ2) is 5.20. The Morgan fingerprint density at radius 1 is 1.70 bits per heavy atom. The molecule has 4 heteroatoms. The van der Waals surface area contributed by atoms with Crippen LogP contribution in [-0.2, 0) is 4.79 Å². The fourth-order valence-corrected chi connectivity index (χ4v) is 0.506. The van der Waals surface area contributed by atoms with Crippen molar-refractivity contribution < 1.29 is 15.0 Å². The van der Waals surface area contributed by atoms with E-state index in [0.29, 0.717) is 13.0 Å². The first kappa shape index (κ1) is 9.39. The molecule has 0 aromatic carbocycles. The molecule has 10 heavy (non-hydrogen) atoms. The summed E-state index contributed by atoms with van der Waals surface area (Å²) in [6.45, 7) is 2.18. The average Bonchev–Trinajstić information content (AvgIpc) is 1.79. The maximum absolute atomic E-state index is 9.92. The third-order valence-electron chi connectivity index (χ3n) is 1.02. The minimum Gasteiger partial charge on any atom is -0.480 e. The quantitative estimate of drug-likeness (QED) is 0.455. The molecule has 1 atom stereocenters. The summed E-state index contributed by atoms with van der Waals surface area (Å²) in [6, 6.07) is 0. The summed E-state index contributed by atoms with van der Waals surface area (Å²) in [5.41, 5.74) is 0. The first-order valence-corrected chi connectivity index (χ1v) is 3.23. The molecule has 0 radical (unpaired) electrons. The van der Waals surface area contributed by atoms with Crippen molar-refractivity contribution in [1.82, 2.24) is 5.32 Å². The van der Waals surface area contributed by atoms with E-state index in [0.717, 1.165) is 0 Å². The van der Waals surface area contributed by atoms with E-state index in [-0.39, 0.29) is 12.6 Å². The molecule has 4 nitrogen and oxygen atoms in total. The number of hydrogen-bond donors (Lipinski definition) is 3. The van der Waals surface area contributed by atoms with Gasteiger partial charge in [0.25, 0.3) is 0 Å². The largest absolute Gasteiger partial charge is 0.480 e. The molecule has 0 aliphatic carbocycles. The van der Waals surface area contributed by atoms with Gasteiger partial charge in [-0.05, 0) is 19.9 Å². The zero-order valence-electron chi connectivity index (χ0n) is 6.00. The van der Waals surface area contributed by atoms with Crippen molar-refractivity contribution in [3.8, 4) is 0 Å². The summed E-state index contributed by atoms with van der Waals surface area (Å²) in [4.78, 5) is 9.92. The van der Waals surface area contributed by atoms with Crippen LogP contribution in [0, 0.1) is 0 Å². The molecule has 60 valence electrons. The van der Waals surface area contributed by atoms with Crippen molar-refractivity contribution in [2.75, 3.05) is 13.1 Å². The second-order valence-corrected chi connectivity index (χ2v) is 2.21. The van der Waals surface area contributed by atoms with Gasteiger partial charge in [0.15, 0.2) is 0 Å². The van der Waals surface area contributed by atoms with E-state index in [1.165, 1.54) is 0 Å². The summed E-state index contributed by atoms with van der Waals surface area (Å²) in [6.07, 6.45) is 0.231. The van der Waals surface area contributed by atoms with Gasteiger partial charge in [0.1, 0.15) is 0 Å². The van der Waals surface area contributed by atoms with Gasteiger partial charge in [0.05, 0.1) is 12.6 Å². The summed E-state index contributed by atoms with van der Waals surface area (Å²) in [5.74, 6) is -0.870. The number of carboxylic acid groups (broad SMARTS) is 1. The normalized spacial score (nSPS) is 13.0. The van der Waals surface area contributed by atoms with Gasteiger partial charge in [-0.3, -0.25) is 4.79 Å². The van der Waals surface area contributed by atoms with Crippen LogP contribution in [0.3, 0.4) is 0 Å². The Morgan fingerprint density at radius 2 is 2.30 bits per heavy atom. The van der Waals surface area contributed by atoms with Crippen molar-refractivity contribution in [2.24, 2.45) is 0 Å². The third kappa shape index (κ3) is 7.39. The van der Waals surface area contributed by atoms with E-state index in [9.17, 15) is 4.79 Å². The molecule has 0 spiro atoms. The van der Waals surface area contributed by atoms with Crippen molar-refractivity contribution in [1.29, 1.82) is 0 Å².